The van der Waals surface area contributed by atoms with E-state index in [0.29, 0.717) is 25.7 Å². The van der Waals surface area contributed by atoms with Gasteiger partial charge in [-0.3, -0.25) is 14.5 Å². The van der Waals surface area contributed by atoms with Gasteiger partial charge in [0, 0.05) is 83.9 Å². The van der Waals surface area contributed by atoms with Gasteiger partial charge in [-0.05, 0) is 40.2 Å². The van der Waals surface area contributed by atoms with Crippen molar-refractivity contribution in [3.05, 3.63) is 23.0 Å². The van der Waals surface area contributed by atoms with E-state index in [1.807, 2.05) is 38.9 Å². The van der Waals surface area contributed by atoms with E-state index in [2.05, 4.69) is 23.3 Å². The zero-order valence-corrected chi connectivity index (χ0v) is 19.7. The molecule has 2 atom stereocenters. The second-order valence-corrected chi connectivity index (χ2v) is 9.54. The van der Waals surface area contributed by atoms with Crippen molar-refractivity contribution in [1.82, 2.24) is 19.3 Å². The summed E-state index contributed by atoms with van der Waals surface area (Å²) in [7, 11) is 5.36. The normalized spacial score (nSPS) is 24.0. The molecule has 7 heteroatoms. The predicted molar refractivity (Wildman–Crippen MR) is 118 cm³/mol. The van der Waals surface area contributed by atoms with Crippen LogP contribution in [-0.2, 0) is 16.1 Å². The first kappa shape index (κ1) is 22.8. The van der Waals surface area contributed by atoms with Gasteiger partial charge < -0.3 is 19.1 Å². The fourth-order valence-electron chi connectivity index (χ4n) is 5.30. The first-order chi connectivity index (χ1) is 14.1. The lowest BCUT2D eigenvalue weighted by Crippen LogP contribution is -2.48. The number of methoxy groups -OCH3 is 1. The van der Waals surface area contributed by atoms with Gasteiger partial charge in [0.15, 0.2) is 0 Å². The van der Waals surface area contributed by atoms with Gasteiger partial charge in [-0.15, -0.1) is 0 Å². The topological polar surface area (TPSA) is 58.0 Å². The lowest BCUT2D eigenvalue weighted by Gasteiger charge is -2.31. The van der Waals surface area contributed by atoms with Crippen molar-refractivity contribution in [3.63, 3.8) is 0 Å². The third-order valence-corrected chi connectivity index (χ3v) is 7.02. The van der Waals surface area contributed by atoms with Crippen molar-refractivity contribution in [2.75, 3.05) is 54.0 Å². The Morgan fingerprint density at radius 3 is 2.53 bits per heavy atom. The number of rotatable bonds is 7. The minimum atomic E-state index is -0.493. The summed E-state index contributed by atoms with van der Waals surface area (Å²) in [6.07, 6.45) is 0.914. The Bertz CT molecular complexity index is 801. The highest BCUT2D eigenvalue weighted by Crippen LogP contribution is 2.44. The number of hydrogen-bond donors (Lipinski definition) is 0. The molecular weight excluding hydrogens is 380 g/mol. The second-order valence-electron chi connectivity index (χ2n) is 9.54. The van der Waals surface area contributed by atoms with Gasteiger partial charge in [0.05, 0.1) is 11.0 Å². The minimum absolute atomic E-state index is 0.0533. The Balaban J connectivity index is 1.83. The van der Waals surface area contributed by atoms with Crippen molar-refractivity contribution in [2.24, 2.45) is 11.3 Å². The zero-order valence-electron chi connectivity index (χ0n) is 19.7. The molecule has 3 heterocycles. The summed E-state index contributed by atoms with van der Waals surface area (Å²) in [4.78, 5) is 32.7. The van der Waals surface area contributed by atoms with Gasteiger partial charge in [0.1, 0.15) is 0 Å². The van der Waals surface area contributed by atoms with E-state index in [4.69, 9.17) is 4.74 Å². The number of aromatic nitrogens is 1. The van der Waals surface area contributed by atoms with Crippen molar-refractivity contribution in [2.45, 2.75) is 46.7 Å². The van der Waals surface area contributed by atoms with Gasteiger partial charge in [-0.25, -0.2) is 0 Å². The monoisotopic (exact) mass is 418 g/mol. The summed E-state index contributed by atoms with van der Waals surface area (Å²) in [5.41, 5.74) is 2.37. The summed E-state index contributed by atoms with van der Waals surface area (Å²) in [6, 6.07) is 2.40. The van der Waals surface area contributed by atoms with Crippen molar-refractivity contribution >= 4 is 11.8 Å². The molecule has 0 saturated carbocycles. The molecule has 2 aliphatic heterocycles. The molecule has 2 saturated heterocycles. The minimum Gasteiger partial charge on any atom is -0.385 e. The molecular formula is C23H38N4O3. The third kappa shape index (κ3) is 3.89. The Hall–Kier alpha value is -1.86. The number of ether oxygens (including phenoxy) is 1. The van der Waals surface area contributed by atoms with Crippen LogP contribution in [0, 0.1) is 25.2 Å². The Morgan fingerprint density at radius 1 is 1.23 bits per heavy atom. The van der Waals surface area contributed by atoms with Crippen LogP contribution in [0.25, 0.3) is 0 Å². The molecule has 2 aliphatic rings. The molecule has 0 aromatic carbocycles. The molecule has 2 fully saturated rings. The van der Waals surface area contributed by atoms with Crippen LogP contribution in [0.2, 0.25) is 0 Å². The lowest BCUT2D eigenvalue weighted by molar-refractivity contribution is -0.139. The Labute approximate surface area is 180 Å². The van der Waals surface area contributed by atoms with E-state index in [9.17, 15) is 9.59 Å². The van der Waals surface area contributed by atoms with Crippen LogP contribution >= 0.6 is 0 Å². The van der Waals surface area contributed by atoms with Gasteiger partial charge in [-0.1, -0.05) is 0 Å². The first-order valence-corrected chi connectivity index (χ1v) is 11.0. The highest BCUT2D eigenvalue weighted by atomic mass is 16.5. The number of aryl methyl sites for hydroxylation is 1. The molecule has 0 spiro atoms. The van der Waals surface area contributed by atoms with Crippen LogP contribution in [0.15, 0.2) is 6.07 Å². The number of fused-ring (bicyclic) bond motifs is 1. The van der Waals surface area contributed by atoms with E-state index < -0.39 is 5.41 Å². The molecule has 0 radical (unpaired) electrons. The van der Waals surface area contributed by atoms with Crippen LogP contribution in [0.4, 0.5) is 0 Å². The van der Waals surface area contributed by atoms with Crippen LogP contribution in [-0.4, -0.2) is 91.1 Å². The van der Waals surface area contributed by atoms with E-state index in [-0.39, 0.29) is 17.7 Å². The van der Waals surface area contributed by atoms with E-state index in [1.165, 1.54) is 0 Å². The molecule has 0 unspecified atom stereocenters. The summed E-state index contributed by atoms with van der Waals surface area (Å²) in [5, 5.41) is 0. The quantitative estimate of drug-likeness (QED) is 0.636. The van der Waals surface area contributed by atoms with Gasteiger partial charge >= 0.3 is 0 Å². The molecule has 0 N–H and O–H groups in total. The molecule has 0 bridgehead atoms. The number of nitrogens with zero attached hydrogens (tertiary/aromatic N) is 4. The fourth-order valence-corrected chi connectivity index (χ4v) is 5.30. The Morgan fingerprint density at radius 2 is 1.93 bits per heavy atom. The first-order valence-electron chi connectivity index (χ1n) is 11.0. The zero-order chi connectivity index (χ0) is 22.2. The van der Waals surface area contributed by atoms with Crippen LogP contribution < -0.4 is 0 Å². The molecule has 0 aliphatic carbocycles. The van der Waals surface area contributed by atoms with Crippen LogP contribution in [0.1, 0.15) is 42.0 Å². The number of likely N-dealkylation sites (tertiary alicyclic amines) is 2. The van der Waals surface area contributed by atoms with Crippen molar-refractivity contribution < 1.29 is 14.3 Å². The standard InChI is InChI=1S/C23H38N4O3/c1-16(2)25-12-19-13-26(15-23(19,14-25)22(29)24(5)6)21(28)20-11-17(3)27(18(20)4)9-8-10-30-7/h11,16,19H,8-10,12-15H2,1-7H3/t19-,23-/m0/s1. The predicted octanol–water partition coefficient (Wildman–Crippen LogP) is 2.01. The molecule has 168 valence electrons. The van der Waals surface area contributed by atoms with Crippen LogP contribution in [0.5, 0.6) is 0 Å². The van der Waals surface area contributed by atoms with E-state index in [0.717, 1.165) is 43.0 Å². The molecule has 3 rings (SSSR count). The van der Waals surface area contributed by atoms with E-state index in [1.54, 1.807) is 12.0 Å². The lowest BCUT2D eigenvalue weighted by atomic mass is 9.79. The third-order valence-electron chi connectivity index (χ3n) is 7.02. The molecule has 7 nitrogen and oxygen atoms in total. The maximum absolute atomic E-state index is 13.5. The largest absolute Gasteiger partial charge is 0.385 e. The maximum atomic E-state index is 13.5. The number of amides is 2. The highest BCUT2D eigenvalue weighted by Gasteiger charge is 2.58. The SMILES string of the molecule is COCCCn1c(C)cc(C(=O)N2C[C@@H]3CN(C(C)C)C[C@]3(C(=O)N(C)C)C2)c1C. The van der Waals surface area contributed by atoms with Crippen molar-refractivity contribution in [3.8, 4) is 0 Å². The summed E-state index contributed by atoms with van der Waals surface area (Å²) in [6.45, 7) is 12.7. The van der Waals surface area contributed by atoms with Gasteiger partial charge in [0.2, 0.25) is 5.91 Å². The Kier molecular flexibility index (Phi) is 6.63. The van der Waals surface area contributed by atoms with Gasteiger partial charge in [0.25, 0.3) is 5.91 Å². The smallest absolute Gasteiger partial charge is 0.255 e. The molecule has 30 heavy (non-hydrogen) atoms. The summed E-state index contributed by atoms with van der Waals surface area (Å²) >= 11 is 0. The number of carbonyl (C=O) groups is 2. The number of carbonyl (C=O) groups excluding carboxylic acids is 2. The summed E-state index contributed by atoms with van der Waals surface area (Å²) in [5.74, 6) is 0.387. The van der Waals surface area contributed by atoms with Crippen molar-refractivity contribution in [1.29, 1.82) is 0 Å². The maximum Gasteiger partial charge on any atom is 0.255 e. The van der Waals surface area contributed by atoms with Gasteiger partial charge in [-0.2, -0.15) is 0 Å². The average Bonchev–Trinajstić information content (AvgIpc) is 3.31. The fraction of sp³-hybridized carbons (Fsp3) is 0.739. The van der Waals surface area contributed by atoms with E-state index >= 15 is 0 Å². The molecule has 1 aromatic rings. The molecule has 1 aromatic heterocycles. The highest BCUT2D eigenvalue weighted by molar-refractivity contribution is 5.97. The number of hydrogen-bond acceptors (Lipinski definition) is 4. The second kappa shape index (κ2) is 8.71. The average molecular weight is 419 g/mol. The van der Waals surface area contributed by atoms with Crippen LogP contribution in [0.3, 0.4) is 0 Å². The summed E-state index contributed by atoms with van der Waals surface area (Å²) < 4.78 is 7.37. The molecule has 2 amide bonds.